The van der Waals surface area contributed by atoms with Gasteiger partial charge < -0.3 is 5.32 Å². The van der Waals surface area contributed by atoms with Crippen LogP contribution >= 0.6 is 11.6 Å². The lowest BCUT2D eigenvalue weighted by Crippen LogP contribution is -2.45. The highest BCUT2D eigenvalue weighted by Gasteiger charge is 2.30. The molecular weight excluding hydrogens is 244 g/mol. The third-order valence-electron chi connectivity index (χ3n) is 4.08. The molecule has 1 aromatic carbocycles. The molecule has 18 heavy (non-hydrogen) atoms. The van der Waals surface area contributed by atoms with Gasteiger partial charge in [-0.3, -0.25) is 4.90 Å². The fourth-order valence-corrected chi connectivity index (χ4v) is 3.07. The number of benzene rings is 1. The molecule has 1 aliphatic heterocycles. The third kappa shape index (κ3) is 3.05. The van der Waals surface area contributed by atoms with E-state index in [4.69, 9.17) is 11.6 Å². The minimum absolute atomic E-state index is 0.568. The largest absolute Gasteiger partial charge is 0.314 e. The van der Waals surface area contributed by atoms with Gasteiger partial charge in [0.05, 0.1) is 0 Å². The van der Waals surface area contributed by atoms with Gasteiger partial charge in [0.1, 0.15) is 0 Å². The summed E-state index contributed by atoms with van der Waals surface area (Å²) in [5.41, 5.74) is 1.40. The van der Waals surface area contributed by atoms with E-state index in [-0.39, 0.29) is 0 Å². The van der Waals surface area contributed by atoms with Gasteiger partial charge >= 0.3 is 0 Å². The van der Waals surface area contributed by atoms with Gasteiger partial charge in [-0.1, -0.05) is 36.6 Å². The zero-order chi connectivity index (χ0) is 12.4. The maximum Gasteiger partial charge on any atom is 0.0409 e. The SMILES string of the molecule is Clc1cccc([C@H](CC2CC2)N2CCNCC2)c1. The highest BCUT2D eigenvalue weighted by Crippen LogP contribution is 2.40. The summed E-state index contributed by atoms with van der Waals surface area (Å²) in [5, 5.41) is 4.30. The summed E-state index contributed by atoms with van der Waals surface area (Å²) in [6.07, 6.45) is 4.15. The molecule has 0 aromatic heterocycles. The summed E-state index contributed by atoms with van der Waals surface area (Å²) in [7, 11) is 0. The average Bonchev–Trinajstić information content (AvgIpc) is 3.21. The first-order valence-electron chi connectivity index (χ1n) is 7.03. The van der Waals surface area contributed by atoms with E-state index in [1.807, 2.05) is 6.07 Å². The molecule has 0 bridgehead atoms. The molecule has 2 nitrogen and oxygen atoms in total. The first kappa shape index (κ1) is 12.5. The summed E-state index contributed by atoms with van der Waals surface area (Å²) >= 11 is 6.15. The number of halogens is 1. The number of rotatable bonds is 4. The van der Waals surface area contributed by atoms with Crippen molar-refractivity contribution >= 4 is 11.6 Å². The lowest BCUT2D eigenvalue weighted by molar-refractivity contribution is 0.160. The maximum absolute atomic E-state index is 6.15. The molecule has 1 aliphatic carbocycles. The first-order valence-corrected chi connectivity index (χ1v) is 7.41. The van der Waals surface area contributed by atoms with Gasteiger partial charge in [-0.2, -0.15) is 0 Å². The predicted molar refractivity (Wildman–Crippen MR) is 76.0 cm³/mol. The monoisotopic (exact) mass is 264 g/mol. The van der Waals surface area contributed by atoms with Crippen molar-refractivity contribution in [2.24, 2.45) is 5.92 Å². The smallest absolute Gasteiger partial charge is 0.0409 e. The molecule has 1 atom stereocenters. The Morgan fingerprint density at radius 1 is 1.28 bits per heavy atom. The van der Waals surface area contributed by atoms with Crippen LogP contribution in [0.5, 0.6) is 0 Å². The Balaban J connectivity index is 1.78. The Bertz CT molecular complexity index is 397. The van der Waals surface area contributed by atoms with Crippen LogP contribution in [-0.2, 0) is 0 Å². The number of hydrogen-bond acceptors (Lipinski definition) is 2. The lowest BCUT2D eigenvalue weighted by Gasteiger charge is -2.35. The van der Waals surface area contributed by atoms with E-state index in [0.717, 1.165) is 37.1 Å². The Morgan fingerprint density at radius 3 is 2.72 bits per heavy atom. The highest BCUT2D eigenvalue weighted by molar-refractivity contribution is 6.30. The normalized spacial score (nSPS) is 22.9. The minimum Gasteiger partial charge on any atom is -0.314 e. The second-order valence-corrected chi connectivity index (χ2v) is 5.97. The van der Waals surface area contributed by atoms with Crippen molar-refractivity contribution in [3.05, 3.63) is 34.9 Å². The van der Waals surface area contributed by atoms with E-state index in [9.17, 15) is 0 Å². The van der Waals surface area contributed by atoms with Gasteiger partial charge in [0.15, 0.2) is 0 Å². The van der Waals surface area contributed by atoms with Gasteiger partial charge in [-0.05, 0) is 30.0 Å². The summed E-state index contributed by atoms with van der Waals surface area (Å²) in [6, 6.07) is 9.01. The molecule has 1 saturated heterocycles. The Labute approximate surface area is 114 Å². The molecule has 0 unspecified atom stereocenters. The van der Waals surface area contributed by atoms with Crippen molar-refractivity contribution in [2.75, 3.05) is 26.2 Å². The molecule has 0 radical (unpaired) electrons. The van der Waals surface area contributed by atoms with Crippen molar-refractivity contribution in [1.29, 1.82) is 0 Å². The van der Waals surface area contributed by atoms with Gasteiger partial charge in [0, 0.05) is 37.2 Å². The molecule has 0 spiro atoms. The Hall–Kier alpha value is -0.570. The van der Waals surface area contributed by atoms with Crippen molar-refractivity contribution in [3.63, 3.8) is 0 Å². The van der Waals surface area contributed by atoms with E-state index in [0.29, 0.717) is 6.04 Å². The van der Waals surface area contributed by atoms with E-state index in [1.54, 1.807) is 0 Å². The Kier molecular flexibility index (Phi) is 3.88. The quantitative estimate of drug-likeness (QED) is 0.899. The fraction of sp³-hybridized carbons (Fsp3) is 0.600. The molecule has 98 valence electrons. The molecule has 2 aliphatic rings. The standard InChI is InChI=1S/C15H21ClN2/c16-14-3-1-2-13(11-14)15(10-12-4-5-12)18-8-6-17-7-9-18/h1-3,11-12,15,17H,4-10H2/t15-/m0/s1. The van der Waals surface area contributed by atoms with Crippen LogP contribution in [0.2, 0.25) is 5.02 Å². The van der Waals surface area contributed by atoms with E-state index >= 15 is 0 Å². The molecule has 1 saturated carbocycles. The number of piperazine rings is 1. The minimum atomic E-state index is 0.568. The summed E-state index contributed by atoms with van der Waals surface area (Å²) < 4.78 is 0. The van der Waals surface area contributed by atoms with E-state index in [1.165, 1.54) is 24.8 Å². The van der Waals surface area contributed by atoms with Gasteiger partial charge in [0.2, 0.25) is 0 Å². The molecule has 2 fully saturated rings. The van der Waals surface area contributed by atoms with Gasteiger partial charge in [-0.25, -0.2) is 0 Å². The first-order chi connectivity index (χ1) is 8.83. The number of hydrogen-bond donors (Lipinski definition) is 1. The zero-order valence-electron chi connectivity index (χ0n) is 10.7. The molecule has 1 N–H and O–H groups in total. The third-order valence-corrected chi connectivity index (χ3v) is 4.31. The average molecular weight is 265 g/mol. The van der Waals surface area contributed by atoms with E-state index < -0.39 is 0 Å². The number of nitrogens with one attached hydrogen (secondary N) is 1. The summed E-state index contributed by atoms with van der Waals surface area (Å²) in [6.45, 7) is 4.54. The van der Waals surface area contributed by atoms with Gasteiger partial charge in [-0.15, -0.1) is 0 Å². The van der Waals surface area contributed by atoms with Crippen molar-refractivity contribution in [2.45, 2.75) is 25.3 Å². The topological polar surface area (TPSA) is 15.3 Å². The van der Waals surface area contributed by atoms with Crippen LogP contribution in [-0.4, -0.2) is 31.1 Å². The molecule has 0 amide bonds. The molecule has 3 rings (SSSR count). The zero-order valence-corrected chi connectivity index (χ0v) is 11.5. The van der Waals surface area contributed by atoms with Crippen LogP contribution in [0.3, 0.4) is 0 Å². The molecule has 1 heterocycles. The van der Waals surface area contributed by atoms with E-state index in [2.05, 4.69) is 28.4 Å². The van der Waals surface area contributed by atoms with Crippen LogP contribution < -0.4 is 5.32 Å². The molecule has 3 heteroatoms. The summed E-state index contributed by atoms with van der Waals surface area (Å²) in [4.78, 5) is 2.63. The van der Waals surface area contributed by atoms with Crippen molar-refractivity contribution < 1.29 is 0 Å². The van der Waals surface area contributed by atoms with Crippen molar-refractivity contribution in [3.8, 4) is 0 Å². The Morgan fingerprint density at radius 2 is 2.06 bits per heavy atom. The van der Waals surface area contributed by atoms with Crippen LogP contribution in [0.4, 0.5) is 0 Å². The van der Waals surface area contributed by atoms with Crippen LogP contribution in [0.1, 0.15) is 30.9 Å². The maximum atomic E-state index is 6.15. The van der Waals surface area contributed by atoms with Crippen molar-refractivity contribution in [1.82, 2.24) is 10.2 Å². The fourth-order valence-electron chi connectivity index (χ4n) is 2.87. The number of nitrogens with zero attached hydrogens (tertiary/aromatic N) is 1. The van der Waals surface area contributed by atoms with Crippen LogP contribution in [0.15, 0.2) is 24.3 Å². The summed E-state index contributed by atoms with van der Waals surface area (Å²) in [5.74, 6) is 0.948. The lowest BCUT2D eigenvalue weighted by atomic mass is 9.99. The second kappa shape index (κ2) is 5.60. The second-order valence-electron chi connectivity index (χ2n) is 5.54. The van der Waals surface area contributed by atoms with Crippen LogP contribution in [0.25, 0.3) is 0 Å². The predicted octanol–water partition coefficient (Wildman–Crippen LogP) is 3.09. The van der Waals surface area contributed by atoms with Crippen LogP contribution in [0, 0.1) is 5.92 Å². The molecule has 1 aromatic rings. The molecular formula is C15H21ClN2. The van der Waals surface area contributed by atoms with Gasteiger partial charge in [0.25, 0.3) is 0 Å². The highest BCUT2D eigenvalue weighted by atomic mass is 35.5.